The minimum Gasteiger partial charge on any atom is -0.329 e. The van der Waals surface area contributed by atoms with Gasteiger partial charge in [0.15, 0.2) is 0 Å². The van der Waals surface area contributed by atoms with Gasteiger partial charge < -0.3 is 5.73 Å². The molecule has 1 unspecified atom stereocenters. The summed E-state index contributed by atoms with van der Waals surface area (Å²) in [6, 6.07) is 5.64. The molecular weight excluding hydrogens is 243 g/mol. The summed E-state index contributed by atoms with van der Waals surface area (Å²) >= 11 is 12.4. The van der Waals surface area contributed by atoms with Gasteiger partial charge in [-0.3, -0.25) is 4.90 Å². The van der Waals surface area contributed by atoms with Crippen molar-refractivity contribution in [2.75, 3.05) is 20.1 Å². The van der Waals surface area contributed by atoms with Crippen LogP contribution in [0.4, 0.5) is 0 Å². The standard InChI is InChI=1S/C12H18Cl2N2/c1-3-7-16(2)11(8-15)12-9(13)5-4-6-10(12)14/h4-6,11H,3,7-8,15H2,1-2H3. The molecule has 4 heteroatoms. The quantitative estimate of drug-likeness (QED) is 0.880. The Balaban J connectivity index is 3.03. The van der Waals surface area contributed by atoms with E-state index < -0.39 is 0 Å². The zero-order valence-electron chi connectivity index (χ0n) is 9.71. The number of hydrogen-bond donors (Lipinski definition) is 1. The lowest BCUT2D eigenvalue weighted by Gasteiger charge is -2.28. The van der Waals surface area contributed by atoms with Crippen molar-refractivity contribution in [3.63, 3.8) is 0 Å². The highest BCUT2D eigenvalue weighted by Crippen LogP contribution is 2.32. The lowest BCUT2D eigenvalue weighted by Crippen LogP contribution is -2.31. The van der Waals surface area contributed by atoms with Gasteiger partial charge in [-0.1, -0.05) is 36.2 Å². The minimum absolute atomic E-state index is 0.0844. The lowest BCUT2D eigenvalue weighted by atomic mass is 10.1. The Labute approximate surface area is 107 Å². The Hall–Kier alpha value is -0.280. The van der Waals surface area contributed by atoms with E-state index in [1.165, 1.54) is 0 Å². The van der Waals surface area contributed by atoms with E-state index in [0.29, 0.717) is 16.6 Å². The van der Waals surface area contributed by atoms with Crippen molar-refractivity contribution >= 4 is 23.2 Å². The zero-order valence-corrected chi connectivity index (χ0v) is 11.2. The summed E-state index contributed by atoms with van der Waals surface area (Å²) in [4.78, 5) is 2.19. The van der Waals surface area contributed by atoms with Gasteiger partial charge >= 0.3 is 0 Å². The molecule has 1 aromatic carbocycles. The van der Waals surface area contributed by atoms with Gasteiger partial charge in [0.25, 0.3) is 0 Å². The van der Waals surface area contributed by atoms with E-state index in [2.05, 4.69) is 11.8 Å². The van der Waals surface area contributed by atoms with Crippen LogP contribution in [0.3, 0.4) is 0 Å². The highest BCUT2D eigenvalue weighted by atomic mass is 35.5. The molecule has 0 aliphatic carbocycles. The molecule has 2 nitrogen and oxygen atoms in total. The second kappa shape index (κ2) is 6.45. The molecular formula is C12H18Cl2N2. The average Bonchev–Trinajstić information content (AvgIpc) is 2.24. The van der Waals surface area contributed by atoms with Crippen LogP contribution in [-0.2, 0) is 0 Å². The largest absolute Gasteiger partial charge is 0.329 e. The van der Waals surface area contributed by atoms with Crippen molar-refractivity contribution in [1.29, 1.82) is 0 Å². The fourth-order valence-corrected chi connectivity index (χ4v) is 2.51. The van der Waals surface area contributed by atoms with Crippen LogP contribution in [0.25, 0.3) is 0 Å². The van der Waals surface area contributed by atoms with Gasteiger partial charge in [-0.2, -0.15) is 0 Å². The lowest BCUT2D eigenvalue weighted by molar-refractivity contribution is 0.251. The van der Waals surface area contributed by atoms with Crippen LogP contribution in [0.15, 0.2) is 18.2 Å². The summed E-state index contributed by atoms with van der Waals surface area (Å²) in [6.45, 7) is 3.63. The number of likely N-dealkylation sites (N-methyl/N-ethyl adjacent to an activating group) is 1. The summed E-state index contributed by atoms with van der Waals surface area (Å²) in [5.74, 6) is 0. The van der Waals surface area contributed by atoms with Crippen molar-refractivity contribution in [3.8, 4) is 0 Å². The number of hydrogen-bond acceptors (Lipinski definition) is 2. The monoisotopic (exact) mass is 260 g/mol. The van der Waals surface area contributed by atoms with E-state index in [1.807, 2.05) is 25.2 Å². The normalized spacial score (nSPS) is 13.1. The third kappa shape index (κ3) is 3.11. The molecule has 0 spiro atoms. The third-order valence-corrected chi connectivity index (χ3v) is 3.32. The number of benzene rings is 1. The molecule has 0 amide bonds. The first kappa shape index (κ1) is 13.8. The Morgan fingerprint density at radius 2 is 1.88 bits per heavy atom. The summed E-state index contributed by atoms with van der Waals surface area (Å²) in [7, 11) is 2.04. The second-order valence-corrected chi connectivity index (χ2v) is 4.68. The van der Waals surface area contributed by atoms with Crippen LogP contribution in [-0.4, -0.2) is 25.0 Å². The number of halogens is 2. The average molecular weight is 261 g/mol. The highest BCUT2D eigenvalue weighted by molar-refractivity contribution is 6.36. The Bertz CT molecular complexity index is 322. The molecule has 0 fully saturated rings. The van der Waals surface area contributed by atoms with Crippen LogP contribution in [0.2, 0.25) is 10.0 Å². The van der Waals surface area contributed by atoms with Gasteiger partial charge in [-0.05, 0) is 32.1 Å². The van der Waals surface area contributed by atoms with E-state index in [4.69, 9.17) is 28.9 Å². The Morgan fingerprint density at radius 1 is 1.31 bits per heavy atom. The fraction of sp³-hybridized carbons (Fsp3) is 0.500. The summed E-state index contributed by atoms with van der Waals surface area (Å²) < 4.78 is 0. The van der Waals surface area contributed by atoms with Gasteiger partial charge in [0.1, 0.15) is 0 Å². The maximum atomic E-state index is 6.18. The first-order chi connectivity index (χ1) is 7.61. The van der Waals surface area contributed by atoms with E-state index in [9.17, 15) is 0 Å². The number of nitrogens with two attached hydrogens (primary N) is 1. The summed E-state index contributed by atoms with van der Waals surface area (Å²) in [5, 5.41) is 1.37. The molecule has 90 valence electrons. The topological polar surface area (TPSA) is 29.3 Å². The molecule has 1 atom stereocenters. The second-order valence-electron chi connectivity index (χ2n) is 3.87. The maximum absolute atomic E-state index is 6.18. The Morgan fingerprint density at radius 3 is 2.31 bits per heavy atom. The number of nitrogens with zero attached hydrogens (tertiary/aromatic N) is 1. The zero-order chi connectivity index (χ0) is 12.1. The molecule has 16 heavy (non-hydrogen) atoms. The van der Waals surface area contributed by atoms with Crippen molar-refractivity contribution in [1.82, 2.24) is 4.90 Å². The molecule has 0 aliphatic heterocycles. The summed E-state index contributed by atoms with van der Waals surface area (Å²) in [5.41, 5.74) is 6.75. The molecule has 0 aliphatic rings. The van der Waals surface area contributed by atoms with Crippen molar-refractivity contribution in [3.05, 3.63) is 33.8 Å². The van der Waals surface area contributed by atoms with Gasteiger partial charge in [-0.25, -0.2) is 0 Å². The van der Waals surface area contributed by atoms with Crippen LogP contribution in [0, 0.1) is 0 Å². The minimum atomic E-state index is 0.0844. The van der Waals surface area contributed by atoms with Crippen molar-refractivity contribution in [2.24, 2.45) is 5.73 Å². The molecule has 0 saturated carbocycles. The van der Waals surface area contributed by atoms with E-state index in [-0.39, 0.29) is 6.04 Å². The molecule has 1 rings (SSSR count). The van der Waals surface area contributed by atoms with Gasteiger partial charge in [0.2, 0.25) is 0 Å². The van der Waals surface area contributed by atoms with Gasteiger partial charge in [0, 0.05) is 28.2 Å². The molecule has 0 saturated heterocycles. The predicted octanol–water partition coefficient (Wildman–Crippen LogP) is 3.34. The number of rotatable bonds is 5. The predicted molar refractivity (Wildman–Crippen MR) is 71.2 cm³/mol. The van der Waals surface area contributed by atoms with Crippen LogP contribution in [0.1, 0.15) is 24.9 Å². The third-order valence-electron chi connectivity index (χ3n) is 2.66. The van der Waals surface area contributed by atoms with Crippen molar-refractivity contribution in [2.45, 2.75) is 19.4 Å². The van der Waals surface area contributed by atoms with E-state index in [1.54, 1.807) is 0 Å². The van der Waals surface area contributed by atoms with Crippen LogP contribution < -0.4 is 5.73 Å². The van der Waals surface area contributed by atoms with Crippen molar-refractivity contribution < 1.29 is 0 Å². The molecule has 1 aromatic rings. The first-order valence-corrected chi connectivity index (χ1v) is 6.21. The smallest absolute Gasteiger partial charge is 0.0496 e. The van der Waals surface area contributed by atoms with Crippen LogP contribution >= 0.6 is 23.2 Å². The Kier molecular flexibility index (Phi) is 5.56. The molecule has 2 N–H and O–H groups in total. The highest BCUT2D eigenvalue weighted by Gasteiger charge is 2.20. The molecule has 0 bridgehead atoms. The molecule has 0 heterocycles. The van der Waals surface area contributed by atoms with Crippen LogP contribution in [0.5, 0.6) is 0 Å². The molecule has 0 radical (unpaired) electrons. The summed E-state index contributed by atoms with van der Waals surface area (Å²) in [6.07, 6.45) is 1.08. The SMILES string of the molecule is CCCN(C)C(CN)c1c(Cl)cccc1Cl. The molecule has 0 aromatic heterocycles. The first-order valence-electron chi connectivity index (χ1n) is 5.46. The van der Waals surface area contributed by atoms with E-state index in [0.717, 1.165) is 18.5 Å². The van der Waals surface area contributed by atoms with E-state index >= 15 is 0 Å². The van der Waals surface area contributed by atoms with Gasteiger partial charge in [0.05, 0.1) is 0 Å². The fourth-order valence-electron chi connectivity index (χ4n) is 1.86. The maximum Gasteiger partial charge on any atom is 0.0496 e. The van der Waals surface area contributed by atoms with Gasteiger partial charge in [-0.15, -0.1) is 0 Å².